The van der Waals surface area contributed by atoms with Crippen molar-refractivity contribution in [1.29, 1.82) is 0 Å². The second-order valence-corrected chi connectivity index (χ2v) is 9.00. The molecule has 0 spiro atoms. The molecule has 9 heteroatoms. The molecule has 0 amide bonds. The molecular formula is C27H20F3N5O. The Hall–Kier alpha value is -4.27. The van der Waals surface area contributed by atoms with Crippen LogP contribution in [0.4, 0.5) is 13.2 Å². The lowest BCUT2D eigenvalue weighted by Crippen LogP contribution is -2.19. The van der Waals surface area contributed by atoms with Gasteiger partial charge in [0.05, 0.1) is 12.1 Å². The summed E-state index contributed by atoms with van der Waals surface area (Å²) in [6.07, 6.45) is 2.30. The molecule has 0 bridgehead atoms. The molecule has 0 saturated heterocycles. The van der Waals surface area contributed by atoms with Gasteiger partial charge >= 0.3 is 6.18 Å². The van der Waals surface area contributed by atoms with Crippen LogP contribution in [0.25, 0.3) is 33.3 Å². The largest absolute Gasteiger partial charge is 0.433 e. The Labute approximate surface area is 203 Å². The Morgan fingerprint density at radius 1 is 0.917 bits per heavy atom. The maximum absolute atomic E-state index is 13.0. The van der Waals surface area contributed by atoms with Crippen molar-refractivity contribution in [2.24, 2.45) is 0 Å². The fraction of sp³-hybridized carbons (Fsp3) is 0.185. The molecule has 6 rings (SSSR count). The molecule has 0 unspecified atom stereocenters. The molecule has 1 aromatic carbocycles. The highest BCUT2D eigenvalue weighted by Gasteiger charge is 2.32. The number of aromatic amines is 1. The van der Waals surface area contributed by atoms with E-state index in [1.165, 1.54) is 16.7 Å². The smallest absolute Gasteiger partial charge is 0.311 e. The Morgan fingerprint density at radius 2 is 1.72 bits per heavy atom. The van der Waals surface area contributed by atoms with Crippen LogP contribution in [-0.4, -0.2) is 24.7 Å². The third-order valence-electron chi connectivity index (χ3n) is 6.41. The van der Waals surface area contributed by atoms with Gasteiger partial charge in [0.25, 0.3) is 5.56 Å². The summed E-state index contributed by atoms with van der Waals surface area (Å²) in [5, 5.41) is 8.52. The first-order valence-electron chi connectivity index (χ1n) is 11.5. The third kappa shape index (κ3) is 4.28. The number of hydrogen-bond donors (Lipinski definition) is 1. The monoisotopic (exact) mass is 487 g/mol. The first kappa shape index (κ1) is 22.2. The SMILES string of the molecule is O=c1cc(-c2ccc3[nH]nc(-c4ccnc(C5CC5)c4)c3c2)ccn1Cc1ccnc(C(F)(F)F)c1. The number of nitrogens with one attached hydrogen (secondary N) is 1. The second kappa shape index (κ2) is 8.44. The van der Waals surface area contributed by atoms with Gasteiger partial charge in [0.1, 0.15) is 11.4 Å². The van der Waals surface area contributed by atoms with E-state index in [1.54, 1.807) is 12.3 Å². The van der Waals surface area contributed by atoms with E-state index in [0.717, 1.165) is 58.5 Å². The predicted molar refractivity (Wildman–Crippen MR) is 129 cm³/mol. The van der Waals surface area contributed by atoms with Gasteiger partial charge < -0.3 is 4.57 Å². The second-order valence-electron chi connectivity index (χ2n) is 9.00. The fourth-order valence-corrected chi connectivity index (χ4v) is 4.35. The molecule has 180 valence electrons. The van der Waals surface area contributed by atoms with Crippen molar-refractivity contribution in [2.45, 2.75) is 31.5 Å². The number of alkyl halides is 3. The van der Waals surface area contributed by atoms with Crippen LogP contribution in [0.1, 0.15) is 35.7 Å². The van der Waals surface area contributed by atoms with E-state index in [0.29, 0.717) is 17.0 Å². The molecule has 0 radical (unpaired) electrons. The molecule has 1 saturated carbocycles. The molecule has 1 fully saturated rings. The Bertz CT molecular complexity index is 1650. The van der Waals surface area contributed by atoms with E-state index >= 15 is 0 Å². The summed E-state index contributed by atoms with van der Waals surface area (Å²) in [5.41, 5.74) is 4.38. The highest BCUT2D eigenvalue weighted by Crippen LogP contribution is 2.40. The number of hydrogen-bond acceptors (Lipinski definition) is 4. The van der Waals surface area contributed by atoms with Gasteiger partial charge in [-0.3, -0.25) is 19.9 Å². The zero-order valence-electron chi connectivity index (χ0n) is 19.0. The Balaban J connectivity index is 1.31. The van der Waals surface area contributed by atoms with Gasteiger partial charge in [-0.05, 0) is 72.0 Å². The molecule has 0 atom stereocenters. The summed E-state index contributed by atoms with van der Waals surface area (Å²) in [6, 6.07) is 15.6. The third-order valence-corrected chi connectivity index (χ3v) is 6.41. The van der Waals surface area contributed by atoms with E-state index in [9.17, 15) is 18.0 Å². The van der Waals surface area contributed by atoms with Crippen LogP contribution in [0.15, 0.2) is 78.0 Å². The predicted octanol–water partition coefficient (Wildman–Crippen LogP) is 5.79. The molecular weight excluding hydrogens is 467 g/mol. The lowest BCUT2D eigenvalue weighted by molar-refractivity contribution is -0.141. The first-order valence-corrected chi connectivity index (χ1v) is 11.5. The Kier molecular flexibility index (Phi) is 5.21. The number of fused-ring (bicyclic) bond motifs is 1. The molecule has 6 nitrogen and oxygen atoms in total. The highest BCUT2D eigenvalue weighted by molar-refractivity contribution is 5.95. The van der Waals surface area contributed by atoms with E-state index in [2.05, 4.69) is 26.2 Å². The van der Waals surface area contributed by atoms with Crippen molar-refractivity contribution in [3.8, 4) is 22.4 Å². The van der Waals surface area contributed by atoms with E-state index in [4.69, 9.17) is 0 Å². The molecule has 1 N–H and O–H groups in total. The summed E-state index contributed by atoms with van der Waals surface area (Å²) in [4.78, 5) is 20.7. The van der Waals surface area contributed by atoms with Crippen LogP contribution in [0, 0.1) is 0 Å². The zero-order valence-corrected chi connectivity index (χ0v) is 19.0. The van der Waals surface area contributed by atoms with Gasteiger partial charge in [0, 0.05) is 47.2 Å². The number of rotatable bonds is 5. The van der Waals surface area contributed by atoms with Crippen LogP contribution in [0.5, 0.6) is 0 Å². The van der Waals surface area contributed by atoms with Crippen LogP contribution >= 0.6 is 0 Å². The molecule has 4 heterocycles. The number of H-pyrrole nitrogens is 1. The molecule has 1 aliphatic carbocycles. The maximum atomic E-state index is 13.0. The first-order chi connectivity index (χ1) is 17.3. The molecule has 4 aromatic heterocycles. The zero-order chi connectivity index (χ0) is 24.9. The minimum absolute atomic E-state index is 0.0149. The summed E-state index contributed by atoms with van der Waals surface area (Å²) < 4.78 is 40.3. The Morgan fingerprint density at radius 3 is 2.50 bits per heavy atom. The molecule has 1 aliphatic rings. The van der Waals surface area contributed by atoms with Crippen molar-refractivity contribution in [1.82, 2.24) is 24.7 Å². The van der Waals surface area contributed by atoms with Crippen molar-refractivity contribution in [3.63, 3.8) is 0 Å². The van der Waals surface area contributed by atoms with E-state index < -0.39 is 11.9 Å². The number of halogens is 3. The van der Waals surface area contributed by atoms with Gasteiger partial charge in [-0.25, -0.2) is 0 Å². The molecule has 36 heavy (non-hydrogen) atoms. The summed E-state index contributed by atoms with van der Waals surface area (Å²) in [6.45, 7) is 0.0149. The quantitative estimate of drug-likeness (QED) is 0.340. The summed E-state index contributed by atoms with van der Waals surface area (Å²) >= 11 is 0. The van der Waals surface area contributed by atoms with Crippen LogP contribution in [-0.2, 0) is 12.7 Å². The summed E-state index contributed by atoms with van der Waals surface area (Å²) in [7, 11) is 0. The van der Waals surface area contributed by atoms with Crippen molar-refractivity contribution >= 4 is 10.9 Å². The lowest BCUT2D eigenvalue weighted by atomic mass is 10.0. The summed E-state index contributed by atoms with van der Waals surface area (Å²) in [5.74, 6) is 0.532. The average Bonchev–Trinajstić information content (AvgIpc) is 3.64. The minimum Gasteiger partial charge on any atom is -0.311 e. The minimum atomic E-state index is -4.54. The van der Waals surface area contributed by atoms with E-state index in [-0.39, 0.29) is 12.1 Å². The fourth-order valence-electron chi connectivity index (χ4n) is 4.35. The topological polar surface area (TPSA) is 76.5 Å². The molecule has 0 aliphatic heterocycles. The van der Waals surface area contributed by atoms with Gasteiger partial charge in [-0.1, -0.05) is 6.07 Å². The number of nitrogens with zero attached hydrogens (tertiary/aromatic N) is 4. The highest BCUT2D eigenvalue weighted by atomic mass is 19.4. The van der Waals surface area contributed by atoms with Crippen LogP contribution < -0.4 is 5.56 Å². The van der Waals surface area contributed by atoms with Crippen LogP contribution in [0.2, 0.25) is 0 Å². The maximum Gasteiger partial charge on any atom is 0.433 e. The van der Waals surface area contributed by atoms with Crippen molar-refractivity contribution in [2.75, 3.05) is 0 Å². The normalized spacial score (nSPS) is 13.9. The average molecular weight is 487 g/mol. The number of benzene rings is 1. The number of aromatic nitrogens is 5. The van der Waals surface area contributed by atoms with Gasteiger partial charge in [-0.15, -0.1) is 0 Å². The van der Waals surface area contributed by atoms with E-state index in [1.807, 2.05) is 30.5 Å². The molecule has 5 aromatic rings. The van der Waals surface area contributed by atoms with Crippen molar-refractivity contribution < 1.29 is 13.2 Å². The standard InChI is InChI=1S/C27H20F3N5O/c28-27(29,30)24-11-16(5-8-32-24)15-35-10-7-19(14-25(35)36)18-3-4-22-21(12-18)26(34-33-22)20-6-9-31-23(13-20)17-1-2-17/h3-14,17H,1-2,15H2,(H,33,34). The van der Waals surface area contributed by atoms with Gasteiger partial charge in [0.15, 0.2) is 0 Å². The lowest BCUT2D eigenvalue weighted by Gasteiger charge is -2.10. The number of pyridine rings is 3. The van der Waals surface area contributed by atoms with Gasteiger partial charge in [0.2, 0.25) is 0 Å². The van der Waals surface area contributed by atoms with Gasteiger partial charge in [-0.2, -0.15) is 18.3 Å². The van der Waals surface area contributed by atoms with Crippen LogP contribution in [0.3, 0.4) is 0 Å². The van der Waals surface area contributed by atoms with Crippen molar-refractivity contribution in [3.05, 3.63) is 100 Å².